The zero-order valence-corrected chi connectivity index (χ0v) is 22.7. The van der Waals surface area contributed by atoms with Crippen LogP contribution < -0.4 is 11.1 Å². The number of thiophene rings is 1. The van der Waals surface area contributed by atoms with Crippen LogP contribution in [0.2, 0.25) is 0 Å². The van der Waals surface area contributed by atoms with Gasteiger partial charge in [0.2, 0.25) is 0 Å². The zero-order chi connectivity index (χ0) is 26.3. The lowest BCUT2D eigenvalue weighted by atomic mass is 9.86. The van der Waals surface area contributed by atoms with Crippen molar-refractivity contribution >= 4 is 38.8 Å². The average molecular weight is 506 g/mol. The first-order valence-corrected chi connectivity index (χ1v) is 13.2. The number of nitrogens with zero attached hydrogens (tertiary/aromatic N) is 1. The summed E-state index contributed by atoms with van der Waals surface area (Å²) < 4.78 is 0. The van der Waals surface area contributed by atoms with Crippen LogP contribution >= 0.6 is 11.3 Å². The predicted molar refractivity (Wildman–Crippen MR) is 157 cm³/mol. The number of amides is 1. The van der Waals surface area contributed by atoms with Crippen LogP contribution in [0.15, 0.2) is 78.9 Å². The second-order valence-electron chi connectivity index (χ2n) is 10.5. The van der Waals surface area contributed by atoms with Crippen LogP contribution in [0.1, 0.15) is 47.1 Å². The van der Waals surface area contributed by atoms with Gasteiger partial charge in [0, 0.05) is 16.6 Å². The summed E-state index contributed by atoms with van der Waals surface area (Å²) >= 11 is 1.34. The van der Waals surface area contributed by atoms with Gasteiger partial charge >= 0.3 is 0 Å². The number of anilines is 2. The number of nitrogens with two attached hydrogens (primary N) is 1. The third-order valence-electron chi connectivity index (χ3n) is 6.67. The van der Waals surface area contributed by atoms with Crippen LogP contribution in [0, 0.1) is 13.8 Å². The molecule has 5 heteroatoms. The molecule has 0 aliphatic carbocycles. The summed E-state index contributed by atoms with van der Waals surface area (Å²) in [6.07, 6.45) is 0. The molecule has 0 atom stereocenters. The number of aromatic nitrogens is 1. The van der Waals surface area contributed by atoms with Gasteiger partial charge in [0.1, 0.15) is 9.71 Å². The summed E-state index contributed by atoms with van der Waals surface area (Å²) in [5, 5.41) is 3.87. The lowest BCUT2D eigenvalue weighted by Crippen LogP contribution is -2.13. The number of benzene rings is 3. The third-order valence-corrected chi connectivity index (χ3v) is 7.76. The Hall–Kier alpha value is -3.96. The maximum atomic E-state index is 13.4. The highest BCUT2D eigenvalue weighted by Gasteiger charge is 2.22. The molecule has 0 saturated carbocycles. The molecule has 4 nitrogen and oxygen atoms in total. The number of aryl methyl sites for hydroxylation is 2. The molecule has 1 amide bonds. The smallest absolute Gasteiger partial charge is 0.267 e. The summed E-state index contributed by atoms with van der Waals surface area (Å²) in [6, 6.07) is 26.8. The molecule has 0 radical (unpaired) electrons. The summed E-state index contributed by atoms with van der Waals surface area (Å²) in [7, 11) is 0. The Morgan fingerprint density at radius 2 is 1.59 bits per heavy atom. The Labute approximate surface area is 222 Å². The van der Waals surface area contributed by atoms with E-state index in [1.165, 1.54) is 16.9 Å². The van der Waals surface area contributed by atoms with Gasteiger partial charge in [-0.1, -0.05) is 93.1 Å². The molecule has 2 aromatic heterocycles. The molecule has 3 aromatic carbocycles. The Bertz CT molecular complexity index is 1610. The maximum Gasteiger partial charge on any atom is 0.267 e. The minimum absolute atomic E-state index is 0.0576. The summed E-state index contributed by atoms with van der Waals surface area (Å²) in [5.74, 6) is -0.220. The van der Waals surface area contributed by atoms with Crippen molar-refractivity contribution in [2.75, 3.05) is 11.1 Å². The number of pyridine rings is 1. The standard InChI is InChI=1S/C32H31N3OS/c1-19-11-16-25(20(2)17-19)34-30(36)29-28(33)27-24(21-12-14-23(15-13-21)32(3,4)5)18-26(35-31(27)37-29)22-9-7-6-8-10-22/h6-18H,33H2,1-5H3,(H,34,36). The van der Waals surface area contributed by atoms with Crippen molar-refractivity contribution in [3.05, 3.63) is 100 Å². The molecule has 0 aliphatic rings. The van der Waals surface area contributed by atoms with Crippen LogP contribution in [-0.4, -0.2) is 10.9 Å². The van der Waals surface area contributed by atoms with Gasteiger partial charge in [0.25, 0.3) is 5.91 Å². The fraction of sp³-hybridized carbons (Fsp3) is 0.188. The molecule has 0 spiro atoms. The summed E-state index contributed by atoms with van der Waals surface area (Å²) in [5.41, 5.74) is 15.3. The lowest BCUT2D eigenvalue weighted by molar-refractivity contribution is 0.103. The van der Waals surface area contributed by atoms with Crippen molar-refractivity contribution < 1.29 is 4.79 Å². The number of nitrogens with one attached hydrogen (secondary N) is 1. The first kappa shape index (κ1) is 24.7. The van der Waals surface area contributed by atoms with Crippen LogP contribution in [0.5, 0.6) is 0 Å². The van der Waals surface area contributed by atoms with Crippen molar-refractivity contribution in [2.24, 2.45) is 0 Å². The number of carbonyl (C=O) groups excluding carboxylic acids is 1. The van der Waals surface area contributed by atoms with Gasteiger partial charge in [-0.25, -0.2) is 4.98 Å². The van der Waals surface area contributed by atoms with Gasteiger partial charge in [-0.05, 0) is 53.6 Å². The molecular formula is C32H31N3OS. The van der Waals surface area contributed by atoms with Gasteiger partial charge in [-0.2, -0.15) is 0 Å². The third kappa shape index (κ3) is 4.87. The SMILES string of the molecule is Cc1ccc(NC(=O)c2sc3nc(-c4ccccc4)cc(-c4ccc(C(C)(C)C)cc4)c3c2N)c(C)c1. The molecule has 186 valence electrons. The minimum atomic E-state index is -0.220. The van der Waals surface area contributed by atoms with Gasteiger partial charge in [0.15, 0.2) is 0 Å². The number of hydrogen-bond acceptors (Lipinski definition) is 4. The first-order chi connectivity index (χ1) is 17.6. The fourth-order valence-electron chi connectivity index (χ4n) is 4.56. The van der Waals surface area contributed by atoms with E-state index in [4.69, 9.17) is 10.7 Å². The monoisotopic (exact) mass is 505 g/mol. The lowest BCUT2D eigenvalue weighted by Gasteiger charge is -2.19. The van der Waals surface area contributed by atoms with E-state index in [1.807, 2.05) is 56.3 Å². The van der Waals surface area contributed by atoms with E-state index in [9.17, 15) is 4.79 Å². The van der Waals surface area contributed by atoms with Gasteiger partial charge < -0.3 is 11.1 Å². The average Bonchev–Trinajstić information content (AvgIpc) is 3.22. The van der Waals surface area contributed by atoms with Crippen LogP contribution in [0.25, 0.3) is 32.6 Å². The van der Waals surface area contributed by atoms with Crippen molar-refractivity contribution in [1.29, 1.82) is 0 Å². The normalized spacial score (nSPS) is 11.6. The molecule has 2 heterocycles. The van der Waals surface area contributed by atoms with Gasteiger partial charge in [-0.3, -0.25) is 4.79 Å². The fourth-order valence-corrected chi connectivity index (χ4v) is 5.57. The molecule has 0 fully saturated rings. The van der Waals surface area contributed by atoms with Gasteiger partial charge in [-0.15, -0.1) is 11.3 Å². The highest BCUT2D eigenvalue weighted by molar-refractivity contribution is 7.21. The van der Waals surface area contributed by atoms with E-state index in [0.29, 0.717) is 10.6 Å². The number of fused-ring (bicyclic) bond motifs is 1. The van der Waals surface area contributed by atoms with E-state index in [2.05, 4.69) is 62.5 Å². The number of rotatable bonds is 4. The molecule has 0 aliphatic heterocycles. The van der Waals surface area contributed by atoms with E-state index in [0.717, 1.165) is 49.4 Å². The van der Waals surface area contributed by atoms with Crippen LogP contribution in [0.4, 0.5) is 11.4 Å². The zero-order valence-electron chi connectivity index (χ0n) is 21.8. The highest BCUT2D eigenvalue weighted by atomic mass is 32.1. The largest absolute Gasteiger partial charge is 0.397 e. The Kier molecular flexibility index (Phi) is 6.34. The van der Waals surface area contributed by atoms with Crippen molar-refractivity contribution in [3.63, 3.8) is 0 Å². The Morgan fingerprint density at radius 3 is 2.24 bits per heavy atom. The molecule has 5 rings (SSSR count). The highest BCUT2D eigenvalue weighted by Crippen LogP contribution is 2.42. The molecule has 0 bridgehead atoms. The minimum Gasteiger partial charge on any atom is -0.397 e. The Morgan fingerprint density at radius 1 is 0.892 bits per heavy atom. The van der Waals surface area contributed by atoms with E-state index >= 15 is 0 Å². The molecular weight excluding hydrogens is 474 g/mol. The van der Waals surface area contributed by atoms with E-state index in [1.54, 1.807) is 0 Å². The second-order valence-corrected chi connectivity index (χ2v) is 11.5. The topological polar surface area (TPSA) is 68.0 Å². The second kappa shape index (κ2) is 9.49. The summed E-state index contributed by atoms with van der Waals surface area (Å²) in [4.78, 5) is 19.6. The van der Waals surface area contributed by atoms with Crippen LogP contribution in [0.3, 0.4) is 0 Å². The molecule has 5 aromatic rings. The predicted octanol–water partition coefficient (Wildman–Crippen LogP) is 8.38. The van der Waals surface area contributed by atoms with Crippen molar-refractivity contribution in [3.8, 4) is 22.4 Å². The maximum absolute atomic E-state index is 13.4. The number of hydrogen-bond donors (Lipinski definition) is 2. The molecule has 0 unspecified atom stereocenters. The Balaban J connectivity index is 1.66. The number of carbonyl (C=O) groups is 1. The molecule has 37 heavy (non-hydrogen) atoms. The number of nitrogen functional groups attached to an aromatic ring is 1. The van der Waals surface area contributed by atoms with Crippen molar-refractivity contribution in [1.82, 2.24) is 4.98 Å². The quantitative estimate of drug-likeness (QED) is 0.258. The first-order valence-electron chi connectivity index (χ1n) is 12.4. The van der Waals surface area contributed by atoms with E-state index in [-0.39, 0.29) is 11.3 Å². The van der Waals surface area contributed by atoms with Gasteiger partial charge in [0.05, 0.1) is 11.4 Å². The molecule has 0 saturated heterocycles. The van der Waals surface area contributed by atoms with Crippen LogP contribution in [-0.2, 0) is 5.41 Å². The molecule has 3 N–H and O–H groups in total. The van der Waals surface area contributed by atoms with E-state index < -0.39 is 0 Å². The summed E-state index contributed by atoms with van der Waals surface area (Å²) in [6.45, 7) is 10.6. The van der Waals surface area contributed by atoms with Crippen molar-refractivity contribution in [2.45, 2.75) is 40.0 Å².